The van der Waals surface area contributed by atoms with Gasteiger partial charge in [0.05, 0.1) is 6.61 Å². The van der Waals surface area contributed by atoms with Crippen LogP contribution < -0.4 is 15.4 Å². The summed E-state index contributed by atoms with van der Waals surface area (Å²) in [4.78, 5) is 22.5. The molecule has 2 rings (SSSR count). The number of hydrogen-bond donors (Lipinski definition) is 2. The van der Waals surface area contributed by atoms with Gasteiger partial charge in [0, 0.05) is 0 Å². The van der Waals surface area contributed by atoms with E-state index in [2.05, 4.69) is 17.6 Å². The molecular formula is C13H16N2O3. The number of amides is 3. The van der Waals surface area contributed by atoms with Crippen LogP contribution in [0.15, 0.2) is 24.3 Å². The summed E-state index contributed by atoms with van der Waals surface area (Å²) in [5.41, 5.74) is 0.751. The van der Waals surface area contributed by atoms with Crippen LogP contribution in [0.3, 0.4) is 0 Å². The van der Waals surface area contributed by atoms with Crippen molar-refractivity contribution < 1.29 is 14.3 Å². The minimum atomic E-state index is -0.595. The number of carbonyl (C=O) groups excluding carboxylic acids is 2. The summed E-state index contributed by atoms with van der Waals surface area (Å²) < 4.78 is 5.52. The summed E-state index contributed by atoms with van der Waals surface area (Å²) in [5.74, 6) is 0.455. The Morgan fingerprint density at radius 2 is 1.94 bits per heavy atom. The summed E-state index contributed by atoms with van der Waals surface area (Å²) in [6.07, 6.45) is 2.11. The monoisotopic (exact) mass is 248 g/mol. The maximum absolute atomic E-state index is 11.5. The van der Waals surface area contributed by atoms with E-state index in [0.717, 1.165) is 24.2 Å². The molecule has 5 nitrogen and oxygen atoms in total. The fraction of sp³-hybridized carbons (Fsp3) is 0.385. The van der Waals surface area contributed by atoms with Gasteiger partial charge in [-0.05, 0) is 24.1 Å². The number of benzene rings is 1. The third kappa shape index (κ3) is 2.80. The highest BCUT2D eigenvalue weighted by Gasteiger charge is 2.30. The Hall–Kier alpha value is -2.04. The van der Waals surface area contributed by atoms with Crippen LogP contribution in [0.1, 0.15) is 31.4 Å². The molecule has 1 fully saturated rings. The minimum absolute atomic E-state index is 0.320. The van der Waals surface area contributed by atoms with E-state index in [1.165, 1.54) is 0 Å². The smallest absolute Gasteiger partial charge is 0.322 e. The van der Waals surface area contributed by atoms with E-state index in [1.807, 2.05) is 12.1 Å². The number of rotatable bonds is 5. The fourth-order valence-electron chi connectivity index (χ4n) is 1.74. The quantitative estimate of drug-likeness (QED) is 0.616. The lowest BCUT2D eigenvalue weighted by Gasteiger charge is -2.09. The number of ether oxygens (including phenoxy) is 1. The second kappa shape index (κ2) is 5.53. The zero-order valence-electron chi connectivity index (χ0n) is 10.2. The first-order valence-electron chi connectivity index (χ1n) is 6.05. The second-order valence-corrected chi connectivity index (χ2v) is 4.17. The van der Waals surface area contributed by atoms with Crippen molar-refractivity contribution in [3.63, 3.8) is 0 Å². The highest BCUT2D eigenvalue weighted by atomic mass is 16.5. The summed E-state index contributed by atoms with van der Waals surface area (Å²) in [6.45, 7) is 2.80. The maximum atomic E-state index is 11.5. The maximum Gasteiger partial charge on any atom is 0.322 e. The molecule has 0 unspecified atom stereocenters. The van der Waals surface area contributed by atoms with Crippen LogP contribution >= 0.6 is 0 Å². The van der Waals surface area contributed by atoms with Gasteiger partial charge in [-0.25, -0.2) is 4.79 Å². The van der Waals surface area contributed by atoms with Crippen molar-refractivity contribution in [2.24, 2.45) is 0 Å². The van der Waals surface area contributed by atoms with Crippen molar-refractivity contribution in [1.82, 2.24) is 10.6 Å². The van der Waals surface area contributed by atoms with Gasteiger partial charge in [-0.3, -0.25) is 10.1 Å². The molecular weight excluding hydrogens is 232 g/mol. The highest BCUT2D eigenvalue weighted by molar-refractivity contribution is 6.04. The molecule has 0 aromatic heterocycles. The Labute approximate surface area is 106 Å². The molecule has 1 saturated heterocycles. The van der Waals surface area contributed by atoms with Crippen molar-refractivity contribution in [2.45, 2.75) is 25.8 Å². The van der Waals surface area contributed by atoms with E-state index in [4.69, 9.17) is 4.74 Å². The molecule has 2 N–H and O–H groups in total. The minimum Gasteiger partial charge on any atom is -0.494 e. The summed E-state index contributed by atoms with van der Waals surface area (Å²) in [6, 6.07) is 6.15. The SMILES string of the molecule is CCCCOc1ccc([C@H]2NC(=O)NC2=O)cc1. The second-order valence-electron chi connectivity index (χ2n) is 4.17. The van der Waals surface area contributed by atoms with Crippen molar-refractivity contribution in [3.05, 3.63) is 29.8 Å². The number of hydrogen-bond acceptors (Lipinski definition) is 3. The van der Waals surface area contributed by atoms with E-state index in [0.29, 0.717) is 6.61 Å². The van der Waals surface area contributed by atoms with Gasteiger partial charge in [0.1, 0.15) is 11.8 Å². The van der Waals surface area contributed by atoms with Gasteiger partial charge in [-0.1, -0.05) is 25.5 Å². The zero-order chi connectivity index (χ0) is 13.0. The van der Waals surface area contributed by atoms with Crippen LogP contribution in [0.5, 0.6) is 5.75 Å². The molecule has 1 aliphatic rings. The first-order valence-corrected chi connectivity index (χ1v) is 6.05. The Balaban J connectivity index is 1.99. The highest BCUT2D eigenvalue weighted by Crippen LogP contribution is 2.20. The zero-order valence-corrected chi connectivity index (χ0v) is 10.2. The Morgan fingerprint density at radius 1 is 1.22 bits per heavy atom. The molecule has 96 valence electrons. The molecule has 18 heavy (non-hydrogen) atoms. The summed E-state index contributed by atoms with van der Waals surface area (Å²) in [7, 11) is 0. The molecule has 1 aromatic carbocycles. The van der Waals surface area contributed by atoms with Crippen molar-refractivity contribution >= 4 is 11.9 Å². The number of carbonyl (C=O) groups is 2. The molecule has 0 bridgehead atoms. The molecule has 0 spiro atoms. The fourth-order valence-corrected chi connectivity index (χ4v) is 1.74. The average molecular weight is 248 g/mol. The molecule has 0 radical (unpaired) electrons. The lowest BCUT2D eigenvalue weighted by molar-refractivity contribution is -0.120. The number of nitrogens with one attached hydrogen (secondary N) is 2. The van der Waals surface area contributed by atoms with Crippen molar-refractivity contribution in [2.75, 3.05) is 6.61 Å². The average Bonchev–Trinajstić information content (AvgIpc) is 2.70. The van der Waals surface area contributed by atoms with Gasteiger partial charge in [-0.2, -0.15) is 0 Å². The topological polar surface area (TPSA) is 67.4 Å². The van der Waals surface area contributed by atoms with Crippen LogP contribution in [0.25, 0.3) is 0 Å². The summed E-state index contributed by atoms with van der Waals surface area (Å²) in [5, 5.41) is 4.75. The normalized spacial score (nSPS) is 18.4. The van der Waals surface area contributed by atoms with Crippen LogP contribution in [-0.2, 0) is 4.79 Å². The Bertz CT molecular complexity index is 442. The lowest BCUT2D eigenvalue weighted by atomic mass is 10.1. The van der Waals surface area contributed by atoms with Gasteiger partial charge < -0.3 is 10.1 Å². The van der Waals surface area contributed by atoms with Gasteiger partial charge >= 0.3 is 6.03 Å². The Morgan fingerprint density at radius 3 is 2.50 bits per heavy atom. The molecule has 0 saturated carbocycles. The van der Waals surface area contributed by atoms with Crippen LogP contribution in [0.2, 0.25) is 0 Å². The van der Waals surface area contributed by atoms with E-state index in [-0.39, 0.29) is 5.91 Å². The van der Waals surface area contributed by atoms with E-state index in [1.54, 1.807) is 12.1 Å². The number of urea groups is 1. The van der Waals surface area contributed by atoms with Crippen LogP contribution in [0.4, 0.5) is 4.79 Å². The van der Waals surface area contributed by atoms with E-state index in [9.17, 15) is 9.59 Å². The van der Waals surface area contributed by atoms with E-state index < -0.39 is 12.1 Å². The van der Waals surface area contributed by atoms with Gasteiger partial charge in [0.25, 0.3) is 5.91 Å². The molecule has 1 aliphatic heterocycles. The van der Waals surface area contributed by atoms with Gasteiger partial charge in [-0.15, -0.1) is 0 Å². The molecule has 1 atom stereocenters. The molecule has 5 heteroatoms. The van der Waals surface area contributed by atoms with Crippen molar-refractivity contribution in [3.8, 4) is 5.75 Å². The standard InChI is InChI=1S/C13H16N2O3/c1-2-3-8-18-10-6-4-9(5-7-10)11-12(16)15-13(17)14-11/h4-7,11H,2-3,8H2,1H3,(H2,14,15,16,17)/t11-/m1/s1. The van der Waals surface area contributed by atoms with Crippen LogP contribution in [-0.4, -0.2) is 18.5 Å². The first-order chi connectivity index (χ1) is 8.70. The number of imide groups is 1. The third-order valence-corrected chi connectivity index (χ3v) is 2.75. The molecule has 0 aliphatic carbocycles. The first kappa shape index (κ1) is 12.4. The Kier molecular flexibility index (Phi) is 3.82. The third-order valence-electron chi connectivity index (χ3n) is 2.75. The predicted octanol–water partition coefficient (Wildman–Crippen LogP) is 1.75. The number of unbranched alkanes of at least 4 members (excludes halogenated alkanes) is 1. The molecule has 1 heterocycles. The van der Waals surface area contributed by atoms with Crippen molar-refractivity contribution in [1.29, 1.82) is 0 Å². The van der Waals surface area contributed by atoms with E-state index >= 15 is 0 Å². The van der Waals surface area contributed by atoms with Crippen LogP contribution in [0, 0.1) is 0 Å². The lowest BCUT2D eigenvalue weighted by Crippen LogP contribution is -2.22. The van der Waals surface area contributed by atoms with Gasteiger partial charge in [0.15, 0.2) is 0 Å². The molecule has 1 aromatic rings. The largest absolute Gasteiger partial charge is 0.494 e. The van der Waals surface area contributed by atoms with Gasteiger partial charge in [0.2, 0.25) is 0 Å². The predicted molar refractivity (Wildman–Crippen MR) is 66.3 cm³/mol. The summed E-state index contributed by atoms with van der Waals surface area (Å²) >= 11 is 0. The molecule has 3 amide bonds.